The fraction of sp³-hybridized carbons (Fsp3) is 0.364. The molecule has 2 aliphatic rings. The number of rotatable bonds is 4. The van der Waals surface area contributed by atoms with Crippen LogP contribution in [0.25, 0.3) is 0 Å². The average molecular weight is 510 g/mol. The summed E-state index contributed by atoms with van der Waals surface area (Å²) in [6.45, 7) is 1.32. The van der Waals surface area contributed by atoms with Crippen molar-refractivity contribution in [3.8, 4) is 11.8 Å². The van der Waals surface area contributed by atoms with Gasteiger partial charge in [-0.3, -0.25) is 0 Å². The molecule has 4 rings (SSSR count). The van der Waals surface area contributed by atoms with E-state index in [0.29, 0.717) is 5.69 Å². The first-order valence-corrected chi connectivity index (χ1v) is 12.0. The van der Waals surface area contributed by atoms with Crippen LogP contribution in [0.5, 0.6) is 0 Å². The van der Waals surface area contributed by atoms with E-state index in [4.69, 9.17) is 5.73 Å². The molecule has 186 valence electrons. The highest BCUT2D eigenvalue weighted by molar-refractivity contribution is 7.89. The number of sulfonamides is 1. The van der Waals surface area contributed by atoms with Gasteiger partial charge in [-0.1, -0.05) is 18.1 Å². The van der Waals surface area contributed by atoms with Crippen molar-refractivity contribution in [1.82, 2.24) is 14.6 Å². The van der Waals surface area contributed by atoms with Crippen LogP contribution in [-0.2, 0) is 20.4 Å². The third-order valence-corrected chi connectivity index (χ3v) is 7.77. The highest BCUT2D eigenvalue weighted by Gasteiger charge is 2.62. The molecule has 2 aromatic rings. The molecule has 0 aliphatic carbocycles. The summed E-state index contributed by atoms with van der Waals surface area (Å²) >= 11 is 0. The monoisotopic (exact) mass is 509 g/mol. The van der Waals surface area contributed by atoms with Crippen LogP contribution >= 0.6 is 0 Å². The number of alkyl carbamates (subject to hydrolysis) is 1. The summed E-state index contributed by atoms with van der Waals surface area (Å²) in [4.78, 5) is 17.1. The van der Waals surface area contributed by atoms with Crippen LogP contribution in [-0.4, -0.2) is 62.2 Å². The third-order valence-electron chi connectivity index (χ3n) is 5.92. The van der Waals surface area contributed by atoms with Crippen LogP contribution in [0.4, 0.5) is 29.5 Å². The molecule has 0 saturated carbocycles. The number of aromatic nitrogens is 1. The van der Waals surface area contributed by atoms with Gasteiger partial charge in [0.2, 0.25) is 10.0 Å². The van der Waals surface area contributed by atoms with Crippen LogP contribution < -0.4 is 16.0 Å². The number of carbonyl (C=O) groups excluding carboxylic acids is 1. The van der Waals surface area contributed by atoms with Crippen LogP contribution in [0.2, 0.25) is 0 Å². The standard InChI is InChI=1S/C22H22F3N5O4S/c1-2-3-17-13-29(35(32,33)18-8-9-19(26)27-12-18)10-11-30(17)16-6-4-15(5-7-16)21(22(23,24)25)14-28-20(31)34-21/h4-9,12,17H,10-11,13-14H2,1H3,(H2,26,27)(H,28,31)/t17-,21-/m0/s1. The van der Waals surface area contributed by atoms with Gasteiger partial charge in [-0.2, -0.15) is 17.5 Å². The van der Waals surface area contributed by atoms with Crippen LogP contribution in [0.1, 0.15) is 12.5 Å². The van der Waals surface area contributed by atoms with Crippen molar-refractivity contribution in [2.24, 2.45) is 0 Å². The van der Waals surface area contributed by atoms with Gasteiger partial charge in [0.15, 0.2) is 0 Å². The van der Waals surface area contributed by atoms with E-state index >= 15 is 0 Å². The van der Waals surface area contributed by atoms with Gasteiger partial charge in [-0.25, -0.2) is 18.2 Å². The lowest BCUT2D eigenvalue weighted by atomic mass is 9.93. The number of anilines is 2. The Labute approximate surface area is 200 Å². The Kier molecular flexibility index (Phi) is 6.29. The number of alkyl halides is 3. The first-order valence-electron chi connectivity index (χ1n) is 10.5. The number of nitrogen functional groups attached to an aromatic ring is 1. The van der Waals surface area contributed by atoms with Crippen molar-refractivity contribution in [3.05, 3.63) is 48.2 Å². The number of halogens is 3. The Balaban J connectivity index is 1.58. The molecule has 35 heavy (non-hydrogen) atoms. The van der Waals surface area contributed by atoms with Crippen molar-refractivity contribution in [3.63, 3.8) is 0 Å². The topological polar surface area (TPSA) is 118 Å². The van der Waals surface area contributed by atoms with Crippen molar-refractivity contribution < 1.29 is 31.1 Å². The number of piperazine rings is 1. The maximum absolute atomic E-state index is 13.8. The largest absolute Gasteiger partial charge is 0.434 e. The zero-order valence-corrected chi connectivity index (χ0v) is 19.4. The van der Waals surface area contributed by atoms with E-state index in [1.807, 2.05) is 4.90 Å². The molecule has 2 atom stereocenters. The summed E-state index contributed by atoms with van der Waals surface area (Å²) in [5.41, 5.74) is 3.11. The Hall–Kier alpha value is -3.50. The minimum atomic E-state index is -4.82. The van der Waals surface area contributed by atoms with Crippen LogP contribution in [0, 0.1) is 11.8 Å². The number of amides is 1. The SMILES string of the molecule is CC#C[C@H]1CN(S(=O)(=O)c2ccc(N)nc2)CCN1c1ccc([C@]2(C(F)(F)F)CNC(=O)O2)cc1. The molecule has 0 unspecified atom stereocenters. The second-order valence-electron chi connectivity index (χ2n) is 8.00. The molecule has 0 radical (unpaired) electrons. The summed E-state index contributed by atoms with van der Waals surface area (Å²) in [6.07, 6.45) is -4.77. The summed E-state index contributed by atoms with van der Waals surface area (Å²) in [5, 5.41) is 2.07. The van der Waals surface area contributed by atoms with E-state index in [2.05, 4.69) is 26.9 Å². The van der Waals surface area contributed by atoms with E-state index in [0.717, 1.165) is 0 Å². The molecule has 0 spiro atoms. The van der Waals surface area contributed by atoms with Gasteiger partial charge < -0.3 is 20.7 Å². The van der Waals surface area contributed by atoms with Gasteiger partial charge in [0.25, 0.3) is 5.60 Å². The second kappa shape index (κ2) is 8.94. The lowest BCUT2D eigenvalue weighted by Crippen LogP contribution is -2.54. The smallest absolute Gasteiger partial charge is 0.426 e. The minimum absolute atomic E-state index is 0.00452. The number of hydrogen-bond donors (Lipinski definition) is 2. The molecule has 2 aliphatic heterocycles. The molecule has 1 aromatic carbocycles. The maximum atomic E-state index is 13.8. The maximum Gasteiger partial charge on any atom is 0.434 e. The number of nitrogens with two attached hydrogens (primary N) is 1. The summed E-state index contributed by atoms with van der Waals surface area (Å²) in [5.74, 6) is 5.96. The Morgan fingerprint density at radius 2 is 1.91 bits per heavy atom. The van der Waals surface area contributed by atoms with Gasteiger partial charge in [0.1, 0.15) is 16.8 Å². The normalized spacial score (nSPS) is 23.3. The molecule has 1 aromatic heterocycles. The molecule has 1 amide bonds. The quantitative estimate of drug-likeness (QED) is 0.606. The summed E-state index contributed by atoms with van der Waals surface area (Å²) in [7, 11) is -3.84. The molecule has 0 bridgehead atoms. The Morgan fingerprint density at radius 1 is 1.20 bits per heavy atom. The van der Waals surface area contributed by atoms with Gasteiger partial charge in [-0.05, 0) is 31.2 Å². The number of hydrogen-bond acceptors (Lipinski definition) is 7. The van der Waals surface area contributed by atoms with Crippen molar-refractivity contribution >= 4 is 27.6 Å². The molecule has 2 fully saturated rings. The number of ether oxygens (including phenoxy) is 1. The molecule has 3 N–H and O–H groups in total. The zero-order valence-electron chi connectivity index (χ0n) is 18.5. The summed E-state index contributed by atoms with van der Waals surface area (Å²) < 4.78 is 73.4. The lowest BCUT2D eigenvalue weighted by molar-refractivity contribution is -0.250. The minimum Gasteiger partial charge on any atom is -0.426 e. The second-order valence-corrected chi connectivity index (χ2v) is 9.94. The van der Waals surface area contributed by atoms with Gasteiger partial charge in [0.05, 0.1) is 6.54 Å². The first-order chi connectivity index (χ1) is 16.5. The van der Waals surface area contributed by atoms with Crippen molar-refractivity contribution in [2.45, 2.75) is 29.6 Å². The van der Waals surface area contributed by atoms with Crippen molar-refractivity contribution in [2.75, 3.05) is 36.8 Å². The summed E-state index contributed by atoms with van der Waals surface area (Å²) in [6, 6.07) is 7.70. The number of nitrogens with one attached hydrogen (secondary N) is 1. The number of carbonyl (C=O) groups is 1. The predicted molar refractivity (Wildman–Crippen MR) is 121 cm³/mol. The lowest BCUT2D eigenvalue weighted by Gasteiger charge is -2.40. The zero-order chi connectivity index (χ0) is 25.4. The molecule has 13 heteroatoms. The highest BCUT2D eigenvalue weighted by atomic mass is 32.2. The molecule has 9 nitrogen and oxygen atoms in total. The Morgan fingerprint density at radius 3 is 2.46 bits per heavy atom. The van der Waals surface area contributed by atoms with Crippen molar-refractivity contribution in [1.29, 1.82) is 0 Å². The van der Waals surface area contributed by atoms with Crippen LogP contribution in [0.3, 0.4) is 0 Å². The number of benzene rings is 1. The van der Waals surface area contributed by atoms with E-state index < -0.39 is 40.5 Å². The van der Waals surface area contributed by atoms with Crippen LogP contribution in [0.15, 0.2) is 47.5 Å². The first kappa shape index (κ1) is 24.6. The van der Waals surface area contributed by atoms with Gasteiger partial charge in [0, 0.05) is 37.1 Å². The number of cyclic esters (lactones) is 1. The average Bonchev–Trinajstić information content (AvgIpc) is 3.23. The third kappa shape index (κ3) is 4.46. The predicted octanol–water partition coefficient (Wildman–Crippen LogP) is 2.06. The van der Waals surface area contributed by atoms with Gasteiger partial charge in [-0.15, -0.1) is 5.92 Å². The van der Waals surface area contributed by atoms with E-state index in [1.54, 1.807) is 6.92 Å². The fourth-order valence-corrected chi connectivity index (χ4v) is 5.48. The molecular weight excluding hydrogens is 487 g/mol. The van der Waals surface area contributed by atoms with E-state index in [9.17, 15) is 26.4 Å². The van der Waals surface area contributed by atoms with E-state index in [-0.39, 0.29) is 35.9 Å². The number of nitrogens with zero attached hydrogens (tertiary/aromatic N) is 3. The Bertz CT molecular complexity index is 1270. The molecule has 3 heterocycles. The molecular formula is C22H22F3N5O4S. The highest BCUT2D eigenvalue weighted by Crippen LogP contribution is 2.44. The fourth-order valence-electron chi connectivity index (χ4n) is 4.10. The van der Waals surface area contributed by atoms with Gasteiger partial charge >= 0.3 is 12.3 Å². The van der Waals surface area contributed by atoms with E-state index in [1.165, 1.54) is 46.9 Å². The number of pyridine rings is 1. The molecule has 2 saturated heterocycles.